The van der Waals surface area contributed by atoms with Gasteiger partial charge in [0.25, 0.3) is 0 Å². The molecule has 0 aromatic heterocycles. The molecule has 0 spiro atoms. The van der Waals surface area contributed by atoms with E-state index in [-0.39, 0.29) is 5.82 Å². The average molecular weight is 313 g/mol. The highest BCUT2D eigenvalue weighted by Crippen LogP contribution is 2.25. The van der Waals surface area contributed by atoms with E-state index in [0.29, 0.717) is 30.6 Å². The van der Waals surface area contributed by atoms with Crippen LogP contribution in [0.3, 0.4) is 0 Å². The second-order valence-corrected chi connectivity index (χ2v) is 5.85. The van der Waals surface area contributed by atoms with E-state index < -0.39 is 0 Å². The Labute approximate surface area is 116 Å². The summed E-state index contributed by atoms with van der Waals surface area (Å²) in [6, 6.07) is 5.09. The van der Waals surface area contributed by atoms with E-state index in [4.69, 9.17) is 4.74 Å². The van der Waals surface area contributed by atoms with Gasteiger partial charge in [-0.1, -0.05) is 41.1 Å². The van der Waals surface area contributed by atoms with Gasteiger partial charge in [-0.15, -0.1) is 0 Å². The van der Waals surface area contributed by atoms with Crippen molar-refractivity contribution in [2.24, 2.45) is 11.8 Å². The Bertz CT molecular complexity index is 431. The third-order valence-corrected chi connectivity index (χ3v) is 4.02. The second kappa shape index (κ2) is 6.48. The summed E-state index contributed by atoms with van der Waals surface area (Å²) in [5, 5.41) is 0. The van der Waals surface area contributed by atoms with Crippen LogP contribution in [0.15, 0.2) is 34.8 Å². The minimum absolute atomic E-state index is 0.207. The largest absolute Gasteiger partial charge is 0.376 e. The summed E-state index contributed by atoms with van der Waals surface area (Å²) in [4.78, 5) is 0. The van der Waals surface area contributed by atoms with Crippen LogP contribution in [0.2, 0.25) is 0 Å². The summed E-state index contributed by atoms with van der Waals surface area (Å²) in [5.74, 6) is 1.01. The highest BCUT2D eigenvalue weighted by Gasteiger charge is 2.18. The molecule has 2 rings (SSSR count). The van der Waals surface area contributed by atoms with E-state index >= 15 is 0 Å². The van der Waals surface area contributed by atoms with Gasteiger partial charge in [0, 0.05) is 10.0 Å². The van der Waals surface area contributed by atoms with Gasteiger partial charge in [0.1, 0.15) is 5.82 Å². The first-order valence-electron chi connectivity index (χ1n) is 6.33. The van der Waals surface area contributed by atoms with Crippen LogP contribution in [-0.4, -0.2) is 6.61 Å². The maximum absolute atomic E-state index is 13.6. The average Bonchev–Trinajstić information content (AvgIpc) is 2.34. The van der Waals surface area contributed by atoms with Crippen LogP contribution in [0.1, 0.15) is 25.3 Å². The van der Waals surface area contributed by atoms with Crippen molar-refractivity contribution in [1.29, 1.82) is 0 Å². The Morgan fingerprint density at radius 2 is 2.11 bits per heavy atom. The van der Waals surface area contributed by atoms with Crippen molar-refractivity contribution >= 4 is 15.9 Å². The highest BCUT2D eigenvalue weighted by atomic mass is 79.9. The highest BCUT2D eigenvalue weighted by molar-refractivity contribution is 9.10. The fourth-order valence-electron chi connectivity index (χ4n) is 2.20. The fourth-order valence-corrected chi connectivity index (χ4v) is 2.53. The molecular formula is C15H18BrFO. The lowest BCUT2D eigenvalue weighted by atomic mass is 9.85. The topological polar surface area (TPSA) is 9.23 Å². The lowest BCUT2D eigenvalue weighted by molar-refractivity contribution is 0.0665. The number of rotatable bonds is 4. The van der Waals surface area contributed by atoms with Gasteiger partial charge < -0.3 is 4.74 Å². The molecule has 0 saturated carbocycles. The number of allylic oxidation sites excluding steroid dienone is 2. The zero-order valence-electron chi connectivity index (χ0n) is 10.5. The van der Waals surface area contributed by atoms with E-state index in [1.807, 2.05) is 6.07 Å². The second-order valence-electron chi connectivity index (χ2n) is 4.93. The van der Waals surface area contributed by atoms with Crippen molar-refractivity contribution in [1.82, 2.24) is 0 Å². The van der Waals surface area contributed by atoms with Crippen molar-refractivity contribution in [3.8, 4) is 0 Å². The summed E-state index contributed by atoms with van der Waals surface area (Å²) < 4.78 is 20.0. The fraction of sp³-hybridized carbons (Fsp3) is 0.467. The van der Waals surface area contributed by atoms with Gasteiger partial charge in [-0.3, -0.25) is 0 Å². The van der Waals surface area contributed by atoms with Crippen LogP contribution in [-0.2, 0) is 11.3 Å². The van der Waals surface area contributed by atoms with Gasteiger partial charge >= 0.3 is 0 Å². The van der Waals surface area contributed by atoms with Crippen molar-refractivity contribution in [2.75, 3.05) is 6.61 Å². The maximum Gasteiger partial charge on any atom is 0.129 e. The minimum atomic E-state index is -0.207. The first kappa shape index (κ1) is 13.8. The van der Waals surface area contributed by atoms with Gasteiger partial charge in [0.15, 0.2) is 0 Å². The molecule has 0 amide bonds. The van der Waals surface area contributed by atoms with Crippen LogP contribution < -0.4 is 0 Å². The molecule has 2 atom stereocenters. The quantitative estimate of drug-likeness (QED) is 0.732. The third-order valence-electron chi connectivity index (χ3n) is 3.52. The van der Waals surface area contributed by atoms with Gasteiger partial charge in [-0.2, -0.15) is 0 Å². The maximum atomic E-state index is 13.6. The Morgan fingerprint density at radius 1 is 1.33 bits per heavy atom. The molecule has 1 aliphatic carbocycles. The Morgan fingerprint density at radius 3 is 2.83 bits per heavy atom. The summed E-state index contributed by atoms with van der Waals surface area (Å²) in [6.45, 7) is 3.31. The molecule has 0 fully saturated rings. The molecule has 0 bridgehead atoms. The molecule has 0 N–H and O–H groups in total. The Kier molecular flexibility index (Phi) is 4.95. The monoisotopic (exact) mass is 312 g/mol. The van der Waals surface area contributed by atoms with E-state index in [1.54, 1.807) is 6.07 Å². The van der Waals surface area contributed by atoms with Gasteiger partial charge in [-0.05, 0) is 36.8 Å². The first-order valence-corrected chi connectivity index (χ1v) is 7.13. The summed E-state index contributed by atoms with van der Waals surface area (Å²) in [7, 11) is 0. The number of hydrogen-bond donors (Lipinski definition) is 0. The van der Waals surface area contributed by atoms with Crippen LogP contribution in [0.5, 0.6) is 0 Å². The number of hydrogen-bond acceptors (Lipinski definition) is 1. The van der Waals surface area contributed by atoms with Gasteiger partial charge in [0.2, 0.25) is 0 Å². The lowest BCUT2D eigenvalue weighted by Crippen LogP contribution is -2.19. The van der Waals surface area contributed by atoms with Crippen molar-refractivity contribution in [2.45, 2.75) is 26.4 Å². The van der Waals surface area contributed by atoms with Crippen molar-refractivity contribution in [3.63, 3.8) is 0 Å². The van der Waals surface area contributed by atoms with Crippen LogP contribution in [0.25, 0.3) is 0 Å². The zero-order valence-corrected chi connectivity index (χ0v) is 12.1. The van der Waals surface area contributed by atoms with Crippen molar-refractivity contribution in [3.05, 3.63) is 46.2 Å². The molecule has 1 aromatic rings. The summed E-state index contributed by atoms with van der Waals surface area (Å²) in [5.41, 5.74) is 0.622. The van der Waals surface area contributed by atoms with Crippen LogP contribution in [0.4, 0.5) is 4.39 Å². The minimum Gasteiger partial charge on any atom is -0.376 e. The molecule has 0 heterocycles. The number of halogens is 2. The molecule has 18 heavy (non-hydrogen) atoms. The van der Waals surface area contributed by atoms with E-state index in [9.17, 15) is 4.39 Å². The van der Waals surface area contributed by atoms with Gasteiger partial charge in [0.05, 0.1) is 13.2 Å². The van der Waals surface area contributed by atoms with Crippen molar-refractivity contribution < 1.29 is 9.13 Å². The molecule has 1 aliphatic rings. The molecule has 0 aliphatic heterocycles. The van der Waals surface area contributed by atoms with Gasteiger partial charge in [-0.25, -0.2) is 4.39 Å². The lowest BCUT2D eigenvalue weighted by Gasteiger charge is -2.24. The molecule has 0 radical (unpaired) electrons. The molecule has 1 nitrogen and oxygen atoms in total. The third kappa shape index (κ3) is 3.66. The molecule has 98 valence electrons. The number of ether oxygens (including phenoxy) is 1. The molecule has 3 heteroatoms. The molecule has 2 unspecified atom stereocenters. The van der Waals surface area contributed by atoms with E-state index in [2.05, 4.69) is 35.0 Å². The standard InChI is InChI=1S/C15H18BrFO/c1-11-4-2-3-5-12(11)9-18-10-13-6-7-14(16)8-15(13)17/h2-3,6-8,11-12H,4-5,9-10H2,1H3. The molecule has 1 aromatic carbocycles. The molecule has 0 saturated heterocycles. The Hall–Kier alpha value is -0.670. The first-order chi connectivity index (χ1) is 8.66. The summed E-state index contributed by atoms with van der Waals surface area (Å²) >= 11 is 3.25. The molecular weight excluding hydrogens is 295 g/mol. The summed E-state index contributed by atoms with van der Waals surface area (Å²) in [6.07, 6.45) is 6.65. The Balaban J connectivity index is 1.83. The SMILES string of the molecule is CC1CC=CCC1COCc1ccc(Br)cc1F. The zero-order chi connectivity index (χ0) is 13.0. The normalized spacial score (nSPS) is 23.3. The smallest absolute Gasteiger partial charge is 0.129 e. The predicted molar refractivity (Wildman–Crippen MR) is 74.8 cm³/mol. The van der Waals surface area contributed by atoms with E-state index in [0.717, 1.165) is 17.3 Å². The van der Waals surface area contributed by atoms with E-state index in [1.165, 1.54) is 6.07 Å². The van der Waals surface area contributed by atoms with Crippen LogP contribution in [0, 0.1) is 17.7 Å². The number of benzene rings is 1. The predicted octanol–water partition coefficient (Wildman–Crippen LogP) is 4.71. The van der Waals surface area contributed by atoms with Crippen LogP contribution >= 0.6 is 15.9 Å².